The van der Waals surface area contributed by atoms with Gasteiger partial charge in [0.15, 0.2) is 0 Å². The summed E-state index contributed by atoms with van der Waals surface area (Å²) in [5.41, 5.74) is -1.04. The molecule has 1 aromatic rings. The zero-order valence-corrected chi connectivity index (χ0v) is 11.7. The fraction of sp³-hybridized carbons (Fsp3) is 0.667. The number of carbonyl (C=O) groups excluding carboxylic acids is 1. The van der Waals surface area contributed by atoms with E-state index in [0.717, 1.165) is 19.5 Å². The van der Waals surface area contributed by atoms with Crippen LogP contribution in [0.15, 0.2) is 12.4 Å². The number of aromatic nitrogens is 2. The number of nitrogens with one attached hydrogen (secondary N) is 1. The topological polar surface area (TPSA) is 93.3 Å². The number of carbonyl (C=O) groups is 1. The van der Waals surface area contributed by atoms with Gasteiger partial charge in [-0.25, -0.2) is 0 Å². The molecule has 1 N–H and O–H groups in total. The van der Waals surface area contributed by atoms with E-state index >= 15 is 0 Å². The van der Waals surface area contributed by atoms with E-state index in [-0.39, 0.29) is 11.6 Å². The monoisotopic (exact) mass is 281 g/mol. The molecule has 0 saturated carbocycles. The molecule has 1 saturated heterocycles. The molecule has 110 valence electrons. The van der Waals surface area contributed by atoms with Crippen molar-refractivity contribution < 1.29 is 9.72 Å². The van der Waals surface area contributed by atoms with Gasteiger partial charge in [-0.1, -0.05) is 0 Å². The standard InChI is InChI=1S/C12H19N5O3/c1-12(2,16-9-10(8-14-16)17(19)20)11(18)15-6-3-4-13-5-7-15/h8-9,13H,3-7H2,1-2H3. The maximum atomic E-state index is 12.6. The first kappa shape index (κ1) is 14.4. The van der Waals surface area contributed by atoms with E-state index in [2.05, 4.69) is 10.4 Å². The Labute approximate surface area is 116 Å². The lowest BCUT2D eigenvalue weighted by Crippen LogP contribution is -2.48. The van der Waals surface area contributed by atoms with Crippen LogP contribution in [0, 0.1) is 10.1 Å². The summed E-state index contributed by atoms with van der Waals surface area (Å²) in [5.74, 6) is -0.0702. The molecule has 8 heteroatoms. The molecule has 0 bridgehead atoms. The first-order valence-corrected chi connectivity index (χ1v) is 6.62. The van der Waals surface area contributed by atoms with Crippen LogP contribution in [0.4, 0.5) is 5.69 Å². The predicted octanol–water partition coefficient (Wildman–Crippen LogP) is 0.348. The Morgan fingerprint density at radius 3 is 2.85 bits per heavy atom. The van der Waals surface area contributed by atoms with Crippen molar-refractivity contribution in [1.29, 1.82) is 0 Å². The van der Waals surface area contributed by atoms with Gasteiger partial charge in [0.05, 0.1) is 4.92 Å². The number of nitro groups is 1. The molecule has 2 heterocycles. The van der Waals surface area contributed by atoms with E-state index in [9.17, 15) is 14.9 Å². The normalized spacial score (nSPS) is 16.8. The molecule has 0 radical (unpaired) electrons. The van der Waals surface area contributed by atoms with Gasteiger partial charge >= 0.3 is 5.69 Å². The highest BCUT2D eigenvalue weighted by molar-refractivity contribution is 5.83. The third kappa shape index (κ3) is 2.79. The molecular weight excluding hydrogens is 262 g/mol. The van der Waals surface area contributed by atoms with Gasteiger partial charge in [-0.05, 0) is 26.8 Å². The van der Waals surface area contributed by atoms with Gasteiger partial charge in [0.1, 0.15) is 17.9 Å². The van der Waals surface area contributed by atoms with E-state index in [1.54, 1.807) is 18.7 Å². The van der Waals surface area contributed by atoms with Gasteiger partial charge in [-0.15, -0.1) is 0 Å². The largest absolute Gasteiger partial charge is 0.339 e. The van der Waals surface area contributed by atoms with Crippen LogP contribution >= 0.6 is 0 Å². The van der Waals surface area contributed by atoms with Crippen LogP contribution < -0.4 is 5.32 Å². The van der Waals surface area contributed by atoms with E-state index < -0.39 is 10.5 Å². The predicted molar refractivity (Wildman–Crippen MR) is 72.3 cm³/mol. The Morgan fingerprint density at radius 2 is 2.20 bits per heavy atom. The molecule has 1 fully saturated rings. The van der Waals surface area contributed by atoms with E-state index in [0.29, 0.717) is 13.1 Å². The van der Waals surface area contributed by atoms with Gasteiger partial charge in [-0.2, -0.15) is 5.10 Å². The van der Waals surface area contributed by atoms with Crippen LogP contribution in [0.5, 0.6) is 0 Å². The lowest BCUT2D eigenvalue weighted by atomic mass is 10.0. The van der Waals surface area contributed by atoms with Crippen LogP contribution in [0.1, 0.15) is 20.3 Å². The molecule has 8 nitrogen and oxygen atoms in total. The van der Waals surface area contributed by atoms with Crippen molar-refractivity contribution in [1.82, 2.24) is 20.0 Å². The van der Waals surface area contributed by atoms with Gasteiger partial charge in [0.25, 0.3) is 0 Å². The summed E-state index contributed by atoms with van der Waals surface area (Å²) in [6, 6.07) is 0. The lowest BCUT2D eigenvalue weighted by molar-refractivity contribution is -0.385. The van der Waals surface area contributed by atoms with Crippen LogP contribution in [0.3, 0.4) is 0 Å². The fourth-order valence-corrected chi connectivity index (χ4v) is 2.25. The first-order valence-electron chi connectivity index (χ1n) is 6.62. The second kappa shape index (κ2) is 5.58. The Hall–Kier alpha value is -1.96. The molecule has 1 aromatic heterocycles. The summed E-state index contributed by atoms with van der Waals surface area (Å²) < 4.78 is 1.37. The van der Waals surface area contributed by atoms with Crippen molar-refractivity contribution in [3.63, 3.8) is 0 Å². The Morgan fingerprint density at radius 1 is 1.45 bits per heavy atom. The third-order valence-corrected chi connectivity index (χ3v) is 3.50. The summed E-state index contributed by atoms with van der Waals surface area (Å²) in [5, 5.41) is 17.9. The van der Waals surface area contributed by atoms with Gasteiger partial charge in [0, 0.05) is 19.6 Å². The summed E-state index contributed by atoms with van der Waals surface area (Å²) in [7, 11) is 0. The Balaban J connectivity index is 2.18. The van der Waals surface area contributed by atoms with Crippen molar-refractivity contribution >= 4 is 11.6 Å². The highest BCUT2D eigenvalue weighted by Crippen LogP contribution is 2.21. The molecule has 0 aliphatic carbocycles. The van der Waals surface area contributed by atoms with E-state index in [1.165, 1.54) is 17.1 Å². The van der Waals surface area contributed by atoms with Crippen molar-refractivity contribution in [3.05, 3.63) is 22.5 Å². The minimum Gasteiger partial charge on any atom is -0.339 e. The molecule has 1 amide bonds. The lowest BCUT2D eigenvalue weighted by Gasteiger charge is -2.31. The van der Waals surface area contributed by atoms with Crippen LogP contribution in [0.25, 0.3) is 0 Å². The molecule has 1 aliphatic heterocycles. The van der Waals surface area contributed by atoms with Crippen molar-refractivity contribution in [3.8, 4) is 0 Å². The average molecular weight is 281 g/mol. The Bertz CT molecular complexity index is 503. The first-order chi connectivity index (χ1) is 9.43. The highest BCUT2D eigenvalue weighted by atomic mass is 16.6. The molecule has 0 unspecified atom stereocenters. The summed E-state index contributed by atoms with van der Waals surface area (Å²) in [4.78, 5) is 24.6. The van der Waals surface area contributed by atoms with Gasteiger partial charge < -0.3 is 10.2 Å². The number of hydrogen-bond acceptors (Lipinski definition) is 5. The minimum absolute atomic E-state index is 0.0702. The van der Waals surface area contributed by atoms with E-state index in [1.807, 2.05) is 0 Å². The van der Waals surface area contributed by atoms with Gasteiger partial charge in [-0.3, -0.25) is 19.6 Å². The third-order valence-electron chi connectivity index (χ3n) is 3.50. The molecule has 20 heavy (non-hydrogen) atoms. The molecular formula is C12H19N5O3. The maximum absolute atomic E-state index is 12.6. The van der Waals surface area contributed by atoms with Crippen LogP contribution in [-0.4, -0.2) is 51.7 Å². The number of nitrogens with zero attached hydrogens (tertiary/aromatic N) is 4. The second-order valence-corrected chi connectivity index (χ2v) is 5.35. The van der Waals surface area contributed by atoms with Crippen molar-refractivity contribution in [2.24, 2.45) is 0 Å². The zero-order valence-electron chi connectivity index (χ0n) is 11.7. The van der Waals surface area contributed by atoms with Crippen LogP contribution in [0.2, 0.25) is 0 Å². The molecule has 0 aromatic carbocycles. The summed E-state index contributed by atoms with van der Waals surface area (Å²) >= 11 is 0. The number of amides is 1. The van der Waals surface area contributed by atoms with Crippen molar-refractivity contribution in [2.45, 2.75) is 25.8 Å². The van der Waals surface area contributed by atoms with Gasteiger partial charge in [0.2, 0.25) is 5.91 Å². The second-order valence-electron chi connectivity index (χ2n) is 5.35. The maximum Gasteiger partial charge on any atom is 0.307 e. The summed E-state index contributed by atoms with van der Waals surface area (Å²) in [6.45, 7) is 6.46. The number of rotatable bonds is 3. The van der Waals surface area contributed by atoms with Crippen molar-refractivity contribution in [2.75, 3.05) is 26.2 Å². The SMILES string of the molecule is CC(C)(C(=O)N1CCCNCC1)n1cc([N+](=O)[O-])cn1. The highest BCUT2D eigenvalue weighted by Gasteiger charge is 2.35. The fourth-order valence-electron chi connectivity index (χ4n) is 2.25. The molecule has 2 rings (SSSR count). The van der Waals surface area contributed by atoms with Crippen LogP contribution in [-0.2, 0) is 10.3 Å². The smallest absolute Gasteiger partial charge is 0.307 e. The zero-order chi connectivity index (χ0) is 14.8. The molecule has 0 atom stereocenters. The average Bonchev–Trinajstić information content (AvgIpc) is 2.76. The molecule has 1 aliphatic rings. The van der Waals surface area contributed by atoms with E-state index in [4.69, 9.17) is 0 Å². The quantitative estimate of drug-likeness (QED) is 0.637. The Kier molecular flexibility index (Phi) is 4.03. The number of hydrogen-bond donors (Lipinski definition) is 1. The summed E-state index contributed by atoms with van der Waals surface area (Å²) in [6.07, 6.45) is 3.37. The molecule has 0 spiro atoms. The minimum atomic E-state index is -0.932.